The summed E-state index contributed by atoms with van der Waals surface area (Å²) in [7, 11) is 0. The van der Waals surface area contributed by atoms with Gasteiger partial charge in [-0.15, -0.1) is 0 Å². The van der Waals surface area contributed by atoms with Crippen molar-refractivity contribution in [3.63, 3.8) is 0 Å². The van der Waals surface area contributed by atoms with Crippen LogP contribution in [0.1, 0.15) is 25.0 Å². The van der Waals surface area contributed by atoms with Crippen molar-refractivity contribution >= 4 is 0 Å². The smallest absolute Gasteiger partial charge is 0.0465 e. The fourth-order valence-corrected chi connectivity index (χ4v) is 1.54. The zero-order valence-electron chi connectivity index (χ0n) is 6.59. The van der Waals surface area contributed by atoms with E-state index in [0.29, 0.717) is 0 Å². The largest absolute Gasteiger partial charge is 0.261 e. The lowest BCUT2D eigenvalue weighted by molar-refractivity contribution is 0.302. The summed E-state index contributed by atoms with van der Waals surface area (Å²) >= 11 is 0. The number of aromatic nitrogens is 1. The molecule has 0 unspecified atom stereocenters. The standard InChI is InChI=1S/C10H12N/c1-10(6-4-7-10)9-5-2-3-8-11-9/h2-3,5,8H,1,4,6-7H2. The quantitative estimate of drug-likeness (QED) is 0.592. The van der Waals surface area contributed by atoms with E-state index in [1.807, 2.05) is 18.3 Å². The van der Waals surface area contributed by atoms with Crippen molar-refractivity contribution < 1.29 is 0 Å². The van der Waals surface area contributed by atoms with Gasteiger partial charge in [0.1, 0.15) is 0 Å². The minimum atomic E-state index is 0.154. The Hall–Kier alpha value is -0.850. The highest BCUT2D eigenvalue weighted by molar-refractivity contribution is 5.21. The molecular formula is C10H12N. The second kappa shape index (κ2) is 2.33. The molecule has 0 N–H and O–H groups in total. The number of nitrogens with zero attached hydrogens (tertiary/aromatic N) is 1. The normalized spacial score (nSPS) is 20.8. The Morgan fingerprint density at radius 2 is 2.18 bits per heavy atom. The minimum Gasteiger partial charge on any atom is -0.261 e. The van der Waals surface area contributed by atoms with Gasteiger partial charge in [-0.05, 0) is 31.9 Å². The third-order valence-electron chi connectivity index (χ3n) is 2.52. The summed E-state index contributed by atoms with van der Waals surface area (Å²) in [6, 6.07) is 6.06. The van der Waals surface area contributed by atoms with Gasteiger partial charge < -0.3 is 0 Å². The van der Waals surface area contributed by atoms with Crippen LogP contribution >= 0.6 is 0 Å². The van der Waals surface area contributed by atoms with E-state index in [2.05, 4.69) is 18.0 Å². The molecule has 1 radical (unpaired) electrons. The third kappa shape index (κ3) is 1.05. The van der Waals surface area contributed by atoms with E-state index >= 15 is 0 Å². The van der Waals surface area contributed by atoms with E-state index in [9.17, 15) is 0 Å². The second-order valence-corrected chi connectivity index (χ2v) is 3.35. The molecule has 1 heterocycles. The molecule has 1 aliphatic carbocycles. The summed E-state index contributed by atoms with van der Waals surface area (Å²) in [6.07, 6.45) is 5.55. The predicted molar refractivity (Wildman–Crippen MR) is 45.1 cm³/mol. The lowest BCUT2D eigenvalue weighted by atomic mass is 9.68. The van der Waals surface area contributed by atoms with Gasteiger partial charge >= 0.3 is 0 Å². The predicted octanol–water partition coefficient (Wildman–Crippen LogP) is 2.34. The average Bonchev–Trinajstić information content (AvgIpc) is 2.02. The zero-order chi connectivity index (χ0) is 7.73. The molecule has 2 rings (SSSR count). The van der Waals surface area contributed by atoms with Gasteiger partial charge in [-0.1, -0.05) is 12.5 Å². The van der Waals surface area contributed by atoms with E-state index in [-0.39, 0.29) is 5.41 Å². The average molecular weight is 146 g/mol. The van der Waals surface area contributed by atoms with Gasteiger partial charge in [-0.2, -0.15) is 0 Å². The van der Waals surface area contributed by atoms with Crippen molar-refractivity contribution in [2.75, 3.05) is 0 Å². The SMILES string of the molecule is [CH2]C1(c2ccccn2)CCC1. The van der Waals surface area contributed by atoms with Crippen LogP contribution in [0.15, 0.2) is 24.4 Å². The van der Waals surface area contributed by atoms with Crippen LogP contribution in [0.25, 0.3) is 0 Å². The highest BCUT2D eigenvalue weighted by Crippen LogP contribution is 2.41. The van der Waals surface area contributed by atoms with Crippen LogP contribution in [0.2, 0.25) is 0 Å². The zero-order valence-corrected chi connectivity index (χ0v) is 6.59. The molecule has 0 saturated heterocycles. The number of hydrogen-bond donors (Lipinski definition) is 0. The monoisotopic (exact) mass is 146 g/mol. The fraction of sp³-hybridized carbons (Fsp3) is 0.400. The first-order valence-corrected chi connectivity index (χ1v) is 4.08. The van der Waals surface area contributed by atoms with Gasteiger partial charge in [-0.25, -0.2) is 0 Å². The van der Waals surface area contributed by atoms with Gasteiger partial charge in [0.25, 0.3) is 0 Å². The molecule has 1 saturated carbocycles. The van der Waals surface area contributed by atoms with Crippen LogP contribution in [0.3, 0.4) is 0 Å². The summed E-state index contributed by atoms with van der Waals surface area (Å²) in [5, 5.41) is 0. The maximum Gasteiger partial charge on any atom is 0.0465 e. The molecule has 1 aromatic rings. The third-order valence-corrected chi connectivity index (χ3v) is 2.52. The van der Waals surface area contributed by atoms with Crippen LogP contribution in [-0.2, 0) is 5.41 Å². The van der Waals surface area contributed by atoms with Crippen LogP contribution in [0.5, 0.6) is 0 Å². The summed E-state index contributed by atoms with van der Waals surface area (Å²) in [6.45, 7) is 4.18. The molecular weight excluding hydrogens is 134 g/mol. The Balaban J connectivity index is 2.29. The topological polar surface area (TPSA) is 12.9 Å². The Kier molecular flexibility index (Phi) is 1.45. The van der Waals surface area contributed by atoms with E-state index in [0.717, 1.165) is 5.69 Å². The summed E-state index contributed by atoms with van der Waals surface area (Å²) in [5.74, 6) is 0. The first-order valence-electron chi connectivity index (χ1n) is 4.08. The Morgan fingerprint density at radius 1 is 1.36 bits per heavy atom. The van der Waals surface area contributed by atoms with Gasteiger partial charge in [0.05, 0.1) is 0 Å². The van der Waals surface area contributed by atoms with Crippen molar-refractivity contribution in [3.05, 3.63) is 37.0 Å². The van der Waals surface area contributed by atoms with Gasteiger partial charge in [-0.3, -0.25) is 4.98 Å². The molecule has 0 bridgehead atoms. The molecule has 0 aromatic carbocycles. The maximum atomic E-state index is 4.31. The summed E-state index contributed by atoms with van der Waals surface area (Å²) in [5.41, 5.74) is 1.31. The number of pyridine rings is 1. The summed E-state index contributed by atoms with van der Waals surface area (Å²) in [4.78, 5) is 4.31. The van der Waals surface area contributed by atoms with Crippen molar-refractivity contribution in [1.82, 2.24) is 4.98 Å². The lowest BCUT2D eigenvalue weighted by Crippen LogP contribution is -2.31. The Bertz CT molecular complexity index is 236. The molecule has 0 atom stereocenters. The molecule has 1 fully saturated rings. The Morgan fingerprint density at radius 3 is 2.64 bits per heavy atom. The van der Waals surface area contributed by atoms with Crippen LogP contribution in [-0.4, -0.2) is 4.98 Å². The van der Waals surface area contributed by atoms with Gasteiger partial charge in [0.2, 0.25) is 0 Å². The Labute approximate surface area is 67.5 Å². The van der Waals surface area contributed by atoms with Gasteiger partial charge in [0.15, 0.2) is 0 Å². The van der Waals surface area contributed by atoms with Crippen molar-refractivity contribution in [2.24, 2.45) is 0 Å². The highest BCUT2D eigenvalue weighted by Gasteiger charge is 2.34. The van der Waals surface area contributed by atoms with Crippen LogP contribution in [0.4, 0.5) is 0 Å². The highest BCUT2D eigenvalue weighted by atomic mass is 14.7. The van der Waals surface area contributed by atoms with E-state index in [4.69, 9.17) is 0 Å². The van der Waals surface area contributed by atoms with E-state index < -0.39 is 0 Å². The lowest BCUT2D eigenvalue weighted by Gasteiger charge is -2.37. The molecule has 0 amide bonds. The number of rotatable bonds is 1. The van der Waals surface area contributed by atoms with Crippen molar-refractivity contribution in [2.45, 2.75) is 24.7 Å². The fourth-order valence-electron chi connectivity index (χ4n) is 1.54. The second-order valence-electron chi connectivity index (χ2n) is 3.35. The van der Waals surface area contributed by atoms with E-state index in [1.54, 1.807) is 0 Å². The molecule has 1 aliphatic rings. The first kappa shape index (κ1) is 6.84. The minimum absolute atomic E-state index is 0.154. The molecule has 1 aromatic heterocycles. The molecule has 11 heavy (non-hydrogen) atoms. The van der Waals surface area contributed by atoms with Crippen LogP contribution in [0, 0.1) is 6.92 Å². The van der Waals surface area contributed by atoms with Crippen LogP contribution < -0.4 is 0 Å². The van der Waals surface area contributed by atoms with E-state index in [1.165, 1.54) is 19.3 Å². The maximum absolute atomic E-state index is 4.31. The molecule has 1 nitrogen and oxygen atoms in total. The summed E-state index contributed by atoms with van der Waals surface area (Å²) < 4.78 is 0. The first-order chi connectivity index (χ1) is 5.31. The van der Waals surface area contributed by atoms with Crippen molar-refractivity contribution in [1.29, 1.82) is 0 Å². The molecule has 0 aliphatic heterocycles. The molecule has 1 heteroatoms. The molecule has 0 spiro atoms. The molecule has 57 valence electrons. The number of hydrogen-bond acceptors (Lipinski definition) is 1. The van der Waals surface area contributed by atoms with Crippen molar-refractivity contribution in [3.8, 4) is 0 Å². The van der Waals surface area contributed by atoms with Gasteiger partial charge in [0, 0.05) is 17.3 Å².